The van der Waals surface area contributed by atoms with Gasteiger partial charge in [-0.1, -0.05) is 6.92 Å². The Hall–Kier alpha value is -1.87. The Morgan fingerprint density at radius 2 is 1.92 bits per heavy atom. The molecule has 1 rings (SSSR count). The van der Waals surface area contributed by atoms with Crippen LogP contribution >= 0.6 is 0 Å². The van der Waals surface area contributed by atoms with Gasteiger partial charge in [0.2, 0.25) is 0 Å². The van der Waals surface area contributed by atoms with Crippen LogP contribution in [0.1, 0.15) is 12.6 Å². The lowest BCUT2D eigenvalue weighted by atomic mass is 10.2. The molecule has 5 heteroatoms. The molecule has 0 aliphatic rings. The molecule has 0 fully saturated rings. The van der Waals surface area contributed by atoms with Gasteiger partial charge in [-0.3, -0.25) is 4.98 Å². The zero-order valence-corrected chi connectivity index (χ0v) is 7.28. The van der Waals surface area contributed by atoms with E-state index in [9.17, 15) is 0 Å². The molecular weight excluding hydrogens is 170 g/mol. The van der Waals surface area contributed by atoms with Crippen molar-refractivity contribution >= 4 is 17.5 Å². The molecule has 0 unspecified atom stereocenters. The lowest BCUT2D eigenvalue weighted by Gasteiger charge is -2.00. The van der Waals surface area contributed by atoms with Crippen molar-refractivity contribution in [1.82, 2.24) is 4.98 Å². The van der Waals surface area contributed by atoms with Gasteiger partial charge >= 0.3 is 6.15 Å². The second kappa shape index (κ2) is 5.74. The number of nitrogen functional groups attached to an aromatic ring is 2. The van der Waals surface area contributed by atoms with E-state index in [0.29, 0.717) is 11.4 Å². The highest BCUT2D eigenvalue weighted by Crippen LogP contribution is 2.12. The molecule has 1 heterocycles. The minimum Gasteiger partial charge on any atom is -0.397 e. The average Bonchev–Trinajstić information content (AvgIpc) is 2.11. The molecule has 13 heavy (non-hydrogen) atoms. The van der Waals surface area contributed by atoms with Gasteiger partial charge in [0.1, 0.15) is 0 Å². The van der Waals surface area contributed by atoms with Gasteiger partial charge in [-0.05, 0) is 12.5 Å². The largest absolute Gasteiger partial charge is 0.397 e. The van der Waals surface area contributed by atoms with Crippen LogP contribution in [0.25, 0.3) is 0 Å². The number of carbonyl (C=O) groups excluding carboxylic acids is 2. The highest BCUT2D eigenvalue weighted by Gasteiger charge is 1.94. The molecular formula is C8H11N3O2. The van der Waals surface area contributed by atoms with Crippen LogP contribution in [0.15, 0.2) is 12.3 Å². The van der Waals surface area contributed by atoms with E-state index in [1.54, 1.807) is 12.3 Å². The summed E-state index contributed by atoms with van der Waals surface area (Å²) in [5, 5.41) is 0. The van der Waals surface area contributed by atoms with E-state index < -0.39 is 0 Å². The van der Waals surface area contributed by atoms with E-state index in [0.717, 1.165) is 12.1 Å². The highest BCUT2D eigenvalue weighted by atomic mass is 16.2. The highest BCUT2D eigenvalue weighted by molar-refractivity contribution is 5.61. The van der Waals surface area contributed by atoms with Gasteiger partial charge in [-0.25, -0.2) is 0 Å². The third-order valence-electron chi connectivity index (χ3n) is 1.39. The van der Waals surface area contributed by atoms with Crippen LogP contribution in [0.2, 0.25) is 0 Å². The van der Waals surface area contributed by atoms with Crippen molar-refractivity contribution in [3.8, 4) is 0 Å². The number of aromatic nitrogens is 1. The minimum atomic E-state index is 0.250. The second-order valence-corrected chi connectivity index (χ2v) is 2.24. The third-order valence-corrected chi connectivity index (χ3v) is 1.39. The van der Waals surface area contributed by atoms with Crippen molar-refractivity contribution in [1.29, 1.82) is 0 Å². The van der Waals surface area contributed by atoms with Crippen molar-refractivity contribution in [3.05, 3.63) is 18.0 Å². The molecule has 5 nitrogen and oxygen atoms in total. The van der Waals surface area contributed by atoms with Gasteiger partial charge in [0.25, 0.3) is 0 Å². The van der Waals surface area contributed by atoms with Crippen LogP contribution in [0, 0.1) is 0 Å². The Bertz CT molecular complexity index is 306. The molecule has 0 bridgehead atoms. The Morgan fingerprint density at radius 1 is 1.38 bits per heavy atom. The summed E-state index contributed by atoms with van der Waals surface area (Å²) < 4.78 is 0. The molecule has 0 atom stereocenters. The zero-order valence-electron chi connectivity index (χ0n) is 7.28. The fraction of sp³-hybridized carbons (Fsp3) is 0.250. The average molecular weight is 181 g/mol. The van der Waals surface area contributed by atoms with Crippen LogP contribution in [-0.4, -0.2) is 11.1 Å². The maximum Gasteiger partial charge on any atom is 0.373 e. The van der Waals surface area contributed by atoms with E-state index in [4.69, 9.17) is 21.1 Å². The first-order valence-corrected chi connectivity index (χ1v) is 3.64. The van der Waals surface area contributed by atoms with E-state index >= 15 is 0 Å². The fourth-order valence-electron chi connectivity index (χ4n) is 0.720. The SMILES string of the molecule is CCc1cc(N)c(N)cn1.O=C=O. The predicted octanol–water partition coefficient (Wildman–Crippen LogP) is 0.225. The number of anilines is 2. The lowest BCUT2D eigenvalue weighted by molar-refractivity contribution is -0.191. The Balaban J connectivity index is 0.000000424. The third kappa shape index (κ3) is 3.88. The molecule has 0 radical (unpaired) electrons. The summed E-state index contributed by atoms with van der Waals surface area (Å²) in [7, 11) is 0. The van der Waals surface area contributed by atoms with Gasteiger partial charge in [0, 0.05) is 5.69 Å². The number of pyridine rings is 1. The fourth-order valence-corrected chi connectivity index (χ4v) is 0.720. The normalized spacial score (nSPS) is 8.08. The number of nitrogens with two attached hydrogens (primary N) is 2. The molecule has 0 saturated carbocycles. The predicted molar refractivity (Wildman–Crippen MR) is 47.4 cm³/mol. The quantitative estimate of drug-likeness (QED) is 0.645. The molecule has 0 saturated heterocycles. The maximum atomic E-state index is 8.12. The standard InChI is InChI=1S/C7H11N3.CO2/c1-2-5-3-6(8)7(9)4-10-5;2-1-3/h3-4H,2,9H2,1H3,(H2,8,10);. The van der Waals surface area contributed by atoms with Crippen molar-refractivity contribution in [3.63, 3.8) is 0 Å². The number of hydrogen-bond donors (Lipinski definition) is 2. The molecule has 1 aromatic rings. The number of nitrogens with zero attached hydrogens (tertiary/aromatic N) is 1. The van der Waals surface area contributed by atoms with Crippen LogP contribution in [0.3, 0.4) is 0 Å². The van der Waals surface area contributed by atoms with Crippen molar-refractivity contribution < 1.29 is 9.59 Å². The molecule has 4 N–H and O–H groups in total. The van der Waals surface area contributed by atoms with Crippen LogP contribution in [-0.2, 0) is 16.0 Å². The van der Waals surface area contributed by atoms with Crippen LogP contribution in [0.4, 0.5) is 11.4 Å². The summed E-state index contributed by atoms with van der Waals surface area (Å²) in [5.41, 5.74) is 13.1. The molecule has 0 aliphatic carbocycles. The Morgan fingerprint density at radius 3 is 2.31 bits per heavy atom. The Labute approximate surface area is 75.8 Å². The first-order chi connectivity index (χ1) is 6.15. The van der Waals surface area contributed by atoms with E-state index in [1.807, 2.05) is 6.92 Å². The summed E-state index contributed by atoms with van der Waals surface area (Å²) >= 11 is 0. The number of hydrogen-bond acceptors (Lipinski definition) is 5. The van der Waals surface area contributed by atoms with Gasteiger partial charge in [-0.2, -0.15) is 9.59 Å². The topological polar surface area (TPSA) is 99.1 Å². The molecule has 1 aromatic heterocycles. The van der Waals surface area contributed by atoms with Crippen LogP contribution < -0.4 is 11.5 Å². The molecule has 0 spiro atoms. The number of aryl methyl sites for hydroxylation is 1. The zero-order chi connectivity index (χ0) is 10.3. The first kappa shape index (κ1) is 11.1. The van der Waals surface area contributed by atoms with E-state index in [2.05, 4.69) is 4.98 Å². The van der Waals surface area contributed by atoms with Gasteiger partial charge in [0.05, 0.1) is 17.6 Å². The summed E-state index contributed by atoms with van der Waals surface area (Å²) in [4.78, 5) is 20.3. The van der Waals surface area contributed by atoms with Crippen molar-refractivity contribution in [2.75, 3.05) is 11.5 Å². The van der Waals surface area contributed by atoms with Gasteiger partial charge < -0.3 is 11.5 Å². The molecule has 0 aliphatic heterocycles. The monoisotopic (exact) mass is 181 g/mol. The molecule has 0 amide bonds. The molecule has 70 valence electrons. The van der Waals surface area contributed by atoms with Crippen molar-refractivity contribution in [2.45, 2.75) is 13.3 Å². The summed E-state index contributed by atoms with van der Waals surface area (Å²) in [6.45, 7) is 2.03. The summed E-state index contributed by atoms with van der Waals surface area (Å²) in [6.07, 6.45) is 2.73. The Kier molecular flexibility index (Phi) is 4.91. The smallest absolute Gasteiger partial charge is 0.373 e. The van der Waals surface area contributed by atoms with Crippen molar-refractivity contribution in [2.24, 2.45) is 0 Å². The maximum absolute atomic E-state index is 8.12. The first-order valence-electron chi connectivity index (χ1n) is 3.64. The van der Waals surface area contributed by atoms with Gasteiger partial charge in [-0.15, -0.1) is 0 Å². The van der Waals surface area contributed by atoms with Crippen LogP contribution in [0.5, 0.6) is 0 Å². The second-order valence-electron chi connectivity index (χ2n) is 2.24. The summed E-state index contributed by atoms with van der Waals surface area (Å²) in [5.74, 6) is 0. The van der Waals surface area contributed by atoms with Gasteiger partial charge in [0.15, 0.2) is 0 Å². The minimum absolute atomic E-state index is 0.250. The van der Waals surface area contributed by atoms with E-state index in [-0.39, 0.29) is 6.15 Å². The van der Waals surface area contributed by atoms with E-state index in [1.165, 1.54) is 0 Å². The lowest BCUT2D eigenvalue weighted by Crippen LogP contribution is -1.97. The summed E-state index contributed by atoms with van der Waals surface area (Å²) in [6, 6.07) is 1.80. The number of rotatable bonds is 1. The molecule has 0 aromatic carbocycles.